The molecule has 0 saturated heterocycles. The molecule has 6 heteroatoms. The highest BCUT2D eigenvalue weighted by atomic mass is 16.5. The molecule has 6 nitrogen and oxygen atoms in total. The fourth-order valence-corrected chi connectivity index (χ4v) is 1.79. The van der Waals surface area contributed by atoms with E-state index in [1.54, 1.807) is 12.1 Å². The minimum absolute atomic E-state index is 0.140. The number of nitrogens with zero attached hydrogens (tertiary/aromatic N) is 2. The van der Waals surface area contributed by atoms with E-state index in [4.69, 9.17) is 19.7 Å². The average molecular weight is 277 g/mol. The van der Waals surface area contributed by atoms with Crippen molar-refractivity contribution in [1.82, 2.24) is 10.1 Å². The Morgan fingerprint density at radius 1 is 1.30 bits per heavy atom. The Balaban J connectivity index is 1.98. The summed E-state index contributed by atoms with van der Waals surface area (Å²) in [6.07, 6.45) is 0.651. The predicted molar refractivity (Wildman–Crippen MR) is 74.1 cm³/mol. The summed E-state index contributed by atoms with van der Waals surface area (Å²) in [7, 11) is 0. The Morgan fingerprint density at radius 3 is 2.80 bits per heavy atom. The van der Waals surface area contributed by atoms with Crippen LogP contribution in [0.5, 0.6) is 5.75 Å². The van der Waals surface area contributed by atoms with Crippen LogP contribution in [0.1, 0.15) is 38.1 Å². The summed E-state index contributed by atoms with van der Waals surface area (Å²) in [6, 6.07) is 7.27. The van der Waals surface area contributed by atoms with Gasteiger partial charge in [-0.1, -0.05) is 24.2 Å². The summed E-state index contributed by atoms with van der Waals surface area (Å²) >= 11 is 0. The van der Waals surface area contributed by atoms with E-state index in [0.717, 1.165) is 6.42 Å². The maximum absolute atomic E-state index is 5.79. The summed E-state index contributed by atoms with van der Waals surface area (Å²) in [5, 5.41) is 3.92. The number of benzene rings is 1. The highest BCUT2D eigenvalue weighted by Gasteiger charge is 2.17. The van der Waals surface area contributed by atoms with Crippen LogP contribution in [0.4, 0.5) is 5.69 Å². The zero-order valence-corrected chi connectivity index (χ0v) is 11.7. The van der Waals surface area contributed by atoms with E-state index in [-0.39, 0.29) is 12.7 Å². The number of hydrogen-bond donors (Lipinski definition) is 1. The van der Waals surface area contributed by atoms with Crippen LogP contribution < -0.4 is 10.5 Å². The van der Waals surface area contributed by atoms with Gasteiger partial charge in [0.1, 0.15) is 11.9 Å². The minimum Gasteiger partial charge on any atom is -0.482 e. The van der Waals surface area contributed by atoms with Gasteiger partial charge in [0.2, 0.25) is 5.82 Å². The molecular weight excluding hydrogens is 258 g/mol. The van der Waals surface area contributed by atoms with Crippen molar-refractivity contribution >= 4 is 5.69 Å². The quantitative estimate of drug-likeness (QED) is 0.783. The maximum atomic E-state index is 5.79. The lowest BCUT2D eigenvalue weighted by atomic mass is 10.2. The van der Waals surface area contributed by atoms with Gasteiger partial charge in [-0.05, 0) is 25.5 Å². The molecule has 1 unspecified atom stereocenters. The molecule has 20 heavy (non-hydrogen) atoms. The van der Waals surface area contributed by atoms with Gasteiger partial charge >= 0.3 is 0 Å². The molecule has 0 spiro atoms. The van der Waals surface area contributed by atoms with E-state index in [9.17, 15) is 0 Å². The number of anilines is 1. The third-order valence-corrected chi connectivity index (χ3v) is 2.78. The van der Waals surface area contributed by atoms with Crippen molar-refractivity contribution in [3.63, 3.8) is 0 Å². The number of ether oxygens (including phenoxy) is 2. The fraction of sp³-hybridized carbons (Fsp3) is 0.429. The summed E-state index contributed by atoms with van der Waals surface area (Å²) in [4.78, 5) is 4.28. The van der Waals surface area contributed by atoms with Crippen molar-refractivity contribution in [3.05, 3.63) is 36.0 Å². The molecule has 0 radical (unpaired) electrons. The van der Waals surface area contributed by atoms with Gasteiger partial charge in [-0.2, -0.15) is 4.98 Å². The number of para-hydroxylation sites is 2. The predicted octanol–water partition coefficient (Wildman–Crippen LogP) is 2.72. The van der Waals surface area contributed by atoms with Crippen LogP contribution in [-0.4, -0.2) is 16.7 Å². The standard InChI is InChI=1S/C14H19N3O3/c1-3-11(18-4-2)14-16-13(20-17-14)9-19-12-8-6-5-7-10(12)15/h5-8,11H,3-4,9,15H2,1-2H3. The van der Waals surface area contributed by atoms with Crippen molar-refractivity contribution < 1.29 is 14.0 Å². The molecular formula is C14H19N3O3. The molecule has 1 atom stereocenters. The molecule has 0 fully saturated rings. The first kappa shape index (κ1) is 14.3. The molecule has 0 bridgehead atoms. The molecule has 108 valence electrons. The first-order valence-electron chi connectivity index (χ1n) is 6.66. The molecule has 1 aromatic heterocycles. The molecule has 0 amide bonds. The second-order valence-corrected chi connectivity index (χ2v) is 4.23. The lowest BCUT2D eigenvalue weighted by molar-refractivity contribution is 0.0518. The van der Waals surface area contributed by atoms with Crippen molar-refractivity contribution in [1.29, 1.82) is 0 Å². The van der Waals surface area contributed by atoms with E-state index in [2.05, 4.69) is 10.1 Å². The van der Waals surface area contributed by atoms with E-state index < -0.39 is 0 Å². The molecule has 0 saturated carbocycles. The molecule has 0 aliphatic heterocycles. The monoisotopic (exact) mass is 277 g/mol. The van der Waals surface area contributed by atoms with Crippen LogP contribution in [0.15, 0.2) is 28.8 Å². The number of hydrogen-bond acceptors (Lipinski definition) is 6. The van der Waals surface area contributed by atoms with E-state index in [0.29, 0.717) is 29.8 Å². The molecule has 0 aliphatic rings. The summed E-state index contributed by atoms with van der Waals surface area (Å²) in [5.74, 6) is 1.56. The number of nitrogens with two attached hydrogens (primary N) is 1. The summed E-state index contributed by atoms with van der Waals surface area (Å²) < 4.78 is 16.2. The molecule has 0 aliphatic carbocycles. The van der Waals surface area contributed by atoms with Gasteiger partial charge in [0.05, 0.1) is 5.69 Å². The van der Waals surface area contributed by atoms with Crippen molar-refractivity contribution in [2.45, 2.75) is 33.0 Å². The third kappa shape index (κ3) is 3.48. The first-order chi connectivity index (χ1) is 9.74. The molecule has 2 aromatic rings. The number of aromatic nitrogens is 2. The minimum atomic E-state index is -0.140. The van der Waals surface area contributed by atoms with Crippen LogP contribution in [0.25, 0.3) is 0 Å². The normalized spacial score (nSPS) is 12.3. The molecule has 1 heterocycles. The largest absolute Gasteiger partial charge is 0.482 e. The zero-order chi connectivity index (χ0) is 14.4. The van der Waals surface area contributed by atoms with E-state index in [1.807, 2.05) is 26.0 Å². The Morgan fingerprint density at radius 2 is 2.10 bits per heavy atom. The van der Waals surface area contributed by atoms with Crippen LogP contribution in [0.3, 0.4) is 0 Å². The third-order valence-electron chi connectivity index (χ3n) is 2.78. The highest BCUT2D eigenvalue weighted by Crippen LogP contribution is 2.22. The van der Waals surface area contributed by atoms with Gasteiger partial charge in [-0.25, -0.2) is 0 Å². The van der Waals surface area contributed by atoms with Gasteiger partial charge in [0.15, 0.2) is 6.61 Å². The zero-order valence-electron chi connectivity index (χ0n) is 11.7. The first-order valence-corrected chi connectivity index (χ1v) is 6.66. The lowest BCUT2D eigenvalue weighted by Gasteiger charge is -2.09. The van der Waals surface area contributed by atoms with Crippen molar-refractivity contribution in [2.24, 2.45) is 0 Å². The molecule has 2 N–H and O–H groups in total. The summed E-state index contributed by atoms with van der Waals surface area (Å²) in [6.45, 7) is 4.74. The SMILES string of the molecule is CCOC(CC)c1noc(COc2ccccc2N)n1. The maximum Gasteiger partial charge on any atom is 0.264 e. The Kier molecular flexibility index (Phi) is 4.95. The smallest absolute Gasteiger partial charge is 0.264 e. The second kappa shape index (κ2) is 6.91. The summed E-state index contributed by atoms with van der Waals surface area (Å²) in [5.41, 5.74) is 6.36. The van der Waals surface area contributed by atoms with Crippen LogP contribution >= 0.6 is 0 Å². The van der Waals surface area contributed by atoms with Crippen molar-refractivity contribution in [2.75, 3.05) is 12.3 Å². The Hall–Kier alpha value is -2.08. The van der Waals surface area contributed by atoms with E-state index >= 15 is 0 Å². The Bertz CT molecular complexity index is 542. The van der Waals surface area contributed by atoms with Gasteiger partial charge in [0.25, 0.3) is 5.89 Å². The number of nitrogen functional groups attached to an aromatic ring is 1. The van der Waals surface area contributed by atoms with Gasteiger partial charge in [-0.3, -0.25) is 0 Å². The lowest BCUT2D eigenvalue weighted by Crippen LogP contribution is -2.05. The second-order valence-electron chi connectivity index (χ2n) is 4.23. The van der Waals surface area contributed by atoms with Crippen LogP contribution in [0, 0.1) is 0 Å². The average Bonchev–Trinajstić information content (AvgIpc) is 2.92. The molecule has 2 rings (SSSR count). The van der Waals surface area contributed by atoms with Gasteiger partial charge in [-0.15, -0.1) is 0 Å². The highest BCUT2D eigenvalue weighted by molar-refractivity contribution is 5.51. The van der Waals surface area contributed by atoms with Crippen LogP contribution in [0.2, 0.25) is 0 Å². The van der Waals surface area contributed by atoms with Gasteiger partial charge in [0, 0.05) is 6.61 Å². The van der Waals surface area contributed by atoms with Gasteiger partial charge < -0.3 is 19.7 Å². The Labute approximate surface area is 117 Å². The van der Waals surface area contributed by atoms with Crippen LogP contribution in [-0.2, 0) is 11.3 Å². The fourth-order valence-electron chi connectivity index (χ4n) is 1.79. The van der Waals surface area contributed by atoms with E-state index in [1.165, 1.54) is 0 Å². The topological polar surface area (TPSA) is 83.4 Å². The van der Waals surface area contributed by atoms with Crippen molar-refractivity contribution in [3.8, 4) is 5.75 Å². The molecule has 1 aromatic carbocycles. The number of rotatable bonds is 7.